The number of halogens is 2. The van der Waals surface area contributed by atoms with Gasteiger partial charge in [0, 0.05) is 29.1 Å². The third kappa shape index (κ3) is 6.18. The van der Waals surface area contributed by atoms with E-state index >= 15 is 4.39 Å². The van der Waals surface area contributed by atoms with Gasteiger partial charge in [-0.25, -0.2) is 4.39 Å². The molecule has 0 bridgehead atoms. The summed E-state index contributed by atoms with van der Waals surface area (Å²) in [6.07, 6.45) is 0.563. The summed E-state index contributed by atoms with van der Waals surface area (Å²) >= 11 is 5.97. The Hall–Kier alpha value is -1.66. The Bertz CT molecular complexity index is 695. The van der Waals surface area contributed by atoms with Crippen molar-refractivity contribution in [3.8, 4) is 5.75 Å². The molecule has 0 saturated carbocycles. The van der Waals surface area contributed by atoms with Crippen LogP contribution < -0.4 is 10.1 Å². The van der Waals surface area contributed by atoms with Crippen LogP contribution in [0.3, 0.4) is 0 Å². The number of Topliss-reactive ketones (excluding diaryl/α,β-unsaturated/α-hetero) is 1. The Morgan fingerprint density at radius 2 is 1.89 bits per heavy atom. The van der Waals surface area contributed by atoms with Gasteiger partial charge in [-0.05, 0) is 31.0 Å². The highest BCUT2D eigenvalue weighted by molar-refractivity contribution is 6.31. The maximum absolute atomic E-state index is 15.0. The van der Waals surface area contributed by atoms with Gasteiger partial charge in [0.05, 0.1) is 20.2 Å². The first-order valence-electron chi connectivity index (χ1n) is 9.10. The van der Waals surface area contributed by atoms with E-state index in [1.807, 2.05) is 25.7 Å². The van der Waals surface area contributed by atoms with Gasteiger partial charge in [0.2, 0.25) is 0 Å². The molecule has 2 rings (SSSR count). The number of hydrogen-bond donors (Lipinski definition) is 1. The molecule has 0 aromatic heterocycles. The first-order valence-corrected chi connectivity index (χ1v) is 9.48. The predicted octanol–water partition coefficient (Wildman–Crippen LogP) is 3.50. The van der Waals surface area contributed by atoms with Crippen LogP contribution in [0.2, 0.25) is 5.02 Å². The minimum absolute atomic E-state index is 0.0677. The molecule has 1 aliphatic rings. The maximum atomic E-state index is 15.0. The molecule has 27 heavy (non-hydrogen) atoms. The van der Waals surface area contributed by atoms with Gasteiger partial charge in [-0.15, -0.1) is 0 Å². The van der Waals surface area contributed by atoms with E-state index < -0.39 is 17.0 Å². The van der Waals surface area contributed by atoms with Gasteiger partial charge in [0.1, 0.15) is 11.4 Å². The van der Waals surface area contributed by atoms with Crippen molar-refractivity contribution in [2.24, 2.45) is 5.41 Å². The molecule has 1 heterocycles. The van der Waals surface area contributed by atoms with Gasteiger partial charge in [-0.1, -0.05) is 32.4 Å². The molecule has 1 fully saturated rings. The van der Waals surface area contributed by atoms with Crippen LogP contribution in [0.1, 0.15) is 44.0 Å². The quantitative estimate of drug-likeness (QED) is 0.796. The molecule has 0 aliphatic carbocycles. The standard InChI is InChI=1S/C20H28ClFN2O3/c1-19(2,3)17(25)12-24-7-5-20(22,6-8-24)13-23-18(26)14-9-15(21)11-16(10-14)27-4/h9-11H,5-8,12-13H2,1-4H3,(H,23,26). The summed E-state index contributed by atoms with van der Waals surface area (Å²) in [4.78, 5) is 26.4. The summed E-state index contributed by atoms with van der Waals surface area (Å²) in [6.45, 7) is 6.94. The number of carbonyl (C=O) groups excluding carboxylic acids is 2. The van der Waals surface area contributed by atoms with Crippen molar-refractivity contribution in [1.82, 2.24) is 10.2 Å². The summed E-state index contributed by atoms with van der Waals surface area (Å²) in [5, 5.41) is 3.03. The number of piperidine rings is 1. The fourth-order valence-electron chi connectivity index (χ4n) is 2.88. The lowest BCUT2D eigenvalue weighted by Gasteiger charge is -2.37. The van der Waals surface area contributed by atoms with Crippen molar-refractivity contribution in [1.29, 1.82) is 0 Å². The summed E-state index contributed by atoms with van der Waals surface area (Å²) in [5.41, 5.74) is -1.54. The van der Waals surface area contributed by atoms with E-state index in [1.165, 1.54) is 13.2 Å². The van der Waals surface area contributed by atoms with Crippen molar-refractivity contribution < 1.29 is 18.7 Å². The summed E-state index contributed by atoms with van der Waals surface area (Å²) in [6, 6.07) is 4.68. The molecule has 0 unspecified atom stereocenters. The minimum atomic E-state index is -1.47. The SMILES string of the molecule is COc1cc(Cl)cc(C(=O)NCC2(F)CCN(CC(=O)C(C)(C)C)CC2)c1. The van der Waals surface area contributed by atoms with E-state index in [-0.39, 0.29) is 25.2 Å². The Morgan fingerprint density at radius 1 is 1.26 bits per heavy atom. The molecule has 7 heteroatoms. The topological polar surface area (TPSA) is 58.6 Å². The number of rotatable bonds is 6. The molecule has 1 aromatic carbocycles. The van der Waals surface area contributed by atoms with E-state index in [0.717, 1.165) is 0 Å². The van der Waals surface area contributed by atoms with E-state index in [2.05, 4.69) is 5.32 Å². The van der Waals surface area contributed by atoms with Crippen molar-refractivity contribution in [2.75, 3.05) is 33.3 Å². The van der Waals surface area contributed by atoms with Gasteiger partial charge in [0.25, 0.3) is 5.91 Å². The van der Waals surface area contributed by atoms with Crippen LogP contribution in [0.5, 0.6) is 5.75 Å². The third-order valence-corrected chi connectivity index (χ3v) is 5.11. The number of carbonyl (C=O) groups is 2. The number of ketones is 1. The molecule has 0 spiro atoms. The van der Waals surface area contributed by atoms with E-state index in [9.17, 15) is 9.59 Å². The number of nitrogens with one attached hydrogen (secondary N) is 1. The lowest BCUT2D eigenvalue weighted by molar-refractivity contribution is -0.128. The number of hydrogen-bond acceptors (Lipinski definition) is 4. The van der Waals surface area contributed by atoms with Gasteiger partial charge < -0.3 is 10.1 Å². The second kappa shape index (κ2) is 8.57. The lowest BCUT2D eigenvalue weighted by Crippen LogP contribution is -2.50. The molecule has 1 aliphatic heterocycles. The molecular formula is C20H28ClFN2O3. The second-order valence-corrected chi connectivity index (χ2v) is 8.60. The zero-order valence-corrected chi connectivity index (χ0v) is 17.2. The normalized spacial score (nSPS) is 17.4. The molecule has 5 nitrogen and oxygen atoms in total. The Balaban J connectivity index is 1.87. The van der Waals surface area contributed by atoms with Crippen molar-refractivity contribution in [3.05, 3.63) is 28.8 Å². The fourth-order valence-corrected chi connectivity index (χ4v) is 3.11. The third-order valence-electron chi connectivity index (χ3n) is 4.89. The monoisotopic (exact) mass is 398 g/mol. The minimum Gasteiger partial charge on any atom is -0.497 e. The van der Waals surface area contributed by atoms with Crippen molar-refractivity contribution in [2.45, 2.75) is 39.3 Å². The van der Waals surface area contributed by atoms with E-state index in [4.69, 9.17) is 16.3 Å². The summed E-state index contributed by atoms with van der Waals surface area (Å²) in [7, 11) is 1.49. The number of methoxy groups -OCH3 is 1. The van der Waals surface area contributed by atoms with E-state index in [1.54, 1.807) is 12.1 Å². The first-order chi connectivity index (χ1) is 12.5. The first kappa shape index (κ1) is 21.6. The van der Waals surface area contributed by atoms with Gasteiger partial charge in [-0.3, -0.25) is 14.5 Å². The molecular weight excluding hydrogens is 371 g/mol. The maximum Gasteiger partial charge on any atom is 0.251 e. The van der Waals surface area contributed by atoms with Crippen LogP contribution in [-0.4, -0.2) is 55.5 Å². The van der Waals surface area contributed by atoms with Crippen LogP contribution in [0.4, 0.5) is 4.39 Å². The molecule has 1 N–H and O–H groups in total. The number of alkyl halides is 1. The molecule has 1 saturated heterocycles. The summed E-state index contributed by atoms with van der Waals surface area (Å²) in [5.74, 6) is 0.231. The summed E-state index contributed by atoms with van der Waals surface area (Å²) < 4.78 is 20.1. The lowest BCUT2D eigenvalue weighted by atomic mass is 9.89. The van der Waals surface area contributed by atoms with Crippen LogP contribution in [0, 0.1) is 5.41 Å². The molecule has 0 radical (unpaired) electrons. The van der Waals surface area contributed by atoms with Gasteiger partial charge in [0.15, 0.2) is 5.78 Å². The van der Waals surface area contributed by atoms with Crippen LogP contribution in [0.15, 0.2) is 18.2 Å². The van der Waals surface area contributed by atoms with Crippen LogP contribution in [-0.2, 0) is 4.79 Å². The smallest absolute Gasteiger partial charge is 0.251 e. The number of nitrogens with zero attached hydrogens (tertiary/aromatic N) is 1. The second-order valence-electron chi connectivity index (χ2n) is 8.16. The number of ether oxygens (including phenoxy) is 1. The van der Waals surface area contributed by atoms with Crippen LogP contribution >= 0.6 is 11.6 Å². The van der Waals surface area contributed by atoms with Gasteiger partial charge >= 0.3 is 0 Å². The highest BCUT2D eigenvalue weighted by Crippen LogP contribution is 2.27. The number of amides is 1. The zero-order chi connectivity index (χ0) is 20.2. The predicted molar refractivity (Wildman–Crippen MR) is 104 cm³/mol. The average Bonchev–Trinajstić information content (AvgIpc) is 2.60. The molecule has 1 aromatic rings. The highest BCUT2D eigenvalue weighted by Gasteiger charge is 2.36. The number of benzene rings is 1. The Morgan fingerprint density at radius 3 is 2.44 bits per heavy atom. The highest BCUT2D eigenvalue weighted by atomic mass is 35.5. The van der Waals surface area contributed by atoms with Gasteiger partial charge in [-0.2, -0.15) is 0 Å². The molecule has 150 valence electrons. The van der Waals surface area contributed by atoms with Crippen LogP contribution in [0.25, 0.3) is 0 Å². The Kier molecular flexibility index (Phi) is 6.87. The van der Waals surface area contributed by atoms with Crippen molar-refractivity contribution in [3.63, 3.8) is 0 Å². The average molecular weight is 399 g/mol. The van der Waals surface area contributed by atoms with E-state index in [0.29, 0.717) is 36.0 Å². The Labute approximate surface area is 165 Å². The zero-order valence-electron chi connectivity index (χ0n) is 16.4. The molecule has 1 amide bonds. The largest absolute Gasteiger partial charge is 0.497 e. The molecule has 0 atom stereocenters. The van der Waals surface area contributed by atoms with Crippen molar-refractivity contribution >= 4 is 23.3 Å². The number of likely N-dealkylation sites (tertiary alicyclic amines) is 1. The fraction of sp³-hybridized carbons (Fsp3) is 0.600.